The fourth-order valence-electron chi connectivity index (χ4n) is 2.06. The monoisotopic (exact) mass is 223 g/mol. The molecule has 1 heterocycles. The molecule has 2 nitrogen and oxygen atoms in total. The third-order valence-electron chi connectivity index (χ3n) is 2.89. The first-order valence-corrected chi connectivity index (χ1v) is 6.50. The Labute approximate surface area is 94.7 Å². The maximum Gasteiger partial charge on any atom is 0.151 e. The highest BCUT2D eigenvalue weighted by Gasteiger charge is 2.15. The molecule has 0 amide bonds. The highest BCUT2D eigenvalue weighted by molar-refractivity contribution is 7.10. The van der Waals surface area contributed by atoms with Crippen molar-refractivity contribution in [1.82, 2.24) is 5.32 Å². The second-order valence-electron chi connectivity index (χ2n) is 4.16. The summed E-state index contributed by atoms with van der Waals surface area (Å²) in [4.78, 5) is 12.8. The quantitative estimate of drug-likeness (QED) is 0.830. The molecular weight excluding hydrogens is 206 g/mol. The van der Waals surface area contributed by atoms with Crippen molar-refractivity contribution in [2.45, 2.75) is 38.1 Å². The van der Waals surface area contributed by atoms with Crippen LogP contribution in [-0.2, 0) is 11.2 Å². The number of ketones is 1. The lowest BCUT2D eigenvalue weighted by Gasteiger charge is -2.10. The molecular formula is C12H17NOS. The lowest BCUT2D eigenvalue weighted by atomic mass is 10.2. The molecule has 1 aromatic heterocycles. The molecule has 0 atom stereocenters. The second-order valence-corrected chi connectivity index (χ2v) is 5.19. The standard InChI is InChI=1S/C12H17NOS/c14-11(8-12-6-3-7-15-12)9-13-10-4-1-2-5-10/h3,6-7,10,13H,1-2,4-5,8-9H2. The minimum atomic E-state index is 0.310. The smallest absolute Gasteiger partial charge is 0.151 e. The normalized spacial score (nSPS) is 17.1. The first-order valence-electron chi connectivity index (χ1n) is 5.62. The van der Waals surface area contributed by atoms with E-state index in [1.807, 2.05) is 17.5 Å². The molecule has 0 radical (unpaired) electrons. The molecule has 3 heteroatoms. The van der Waals surface area contributed by atoms with Gasteiger partial charge in [-0.15, -0.1) is 11.3 Å². The summed E-state index contributed by atoms with van der Waals surface area (Å²) < 4.78 is 0. The molecule has 1 aliphatic rings. The van der Waals surface area contributed by atoms with Crippen molar-refractivity contribution in [3.05, 3.63) is 22.4 Å². The number of carbonyl (C=O) groups is 1. The summed E-state index contributed by atoms with van der Waals surface area (Å²) in [6, 6.07) is 4.62. The first-order chi connectivity index (χ1) is 7.34. The van der Waals surface area contributed by atoms with E-state index >= 15 is 0 Å². The van der Waals surface area contributed by atoms with Crippen LogP contribution in [0.3, 0.4) is 0 Å². The van der Waals surface area contributed by atoms with E-state index in [0.717, 1.165) is 0 Å². The van der Waals surface area contributed by atoms with Crippen LogP contribution in [0.2, 0.25) is 0 Å². The number of hydrogen-bond donors (Lipinski definition) is 1. The molecule has 0 bridgehead atoms. The van der Waals surface area contributed by atoms with Gasteiger partial charge in [0.2, 0.25) is 0 Å². The van der Waals surface area contributed by atoms with Crippen molar-refractivity contribution in [3.8, 4) is 0 Å². The van der Waals surface area contributed by atoms with Crippen LogP contribution in [0.1, 0.15) is 30.6 Å². The minimum Gasteiger partial charge on any atom is -0.307 e. The molecule has 0 spiro atoms. The van der Waals surface area contributed by atoms with Crippen molar-refractivity contribution in [1.29, 1.82) is 0 Å². The van der Waals surface area contributed by atoms with Crippen LogP contribution in [0.15, 0.2) is 17.5 Å². The molecule has 0 aromatic carbocycles. The van der Waals surface area contributed by atoms with Gasteiger partial charge >= 0.3 is 0 Å². The highest BCUT2D eigenvalue weighted by atomic mass is 32.1. The molecule has 1 aliphatic carbocycles. The Bertz CT molecular complexity index is 301. The Morgan fingerprint density at radius 3 is 2.93 bits per heavy atom. The van der Waals surface area contributed by atoms with Crippen LogP contribution in [0, 0.1) is 0 Å². The highest BCUT2D eigenvalue weighted by Crippen LogP contribution is 2.17. The average Bonchev–Trinajstić information content (AvgIpc) is 2.86. The zero-order valence-corrected chi connectivity index (χ0v) is 9.69. The maximum absolute atomic E-state index is 11.6. The van der Waals surface area contributed by atoms with E-state index in [1.165, 1.54) is 30.6 Å². The van der Waals surface area contributed by atoms with Crippen LogP contribution in [0.25, 0.3) is 0 Å². The Morgan fingerprint density at radius 2 is 2.27 bits per heavy atom. The molecule has 0 saturated heterocycles. The summed E-state index contributed by atoms with van der Waals surface area (Å²) in [5.41, 5.74) is 0. The largest absolute Gasteiger partial charge is 0.307 e. The van der Waals surface area contributed by atoms with Crippen molar-refractivity contribution in [3.63, 3.8) is 0 Å². The molecule has 82 valence electrons. The number of carbonyl (C=O) groups excluding carboxylic acids is 1. The predicted molar refractivity (Wildman–Crippen MR) is 63.3 cm³/mol. The van der Waals surface area contributed by atoms with Gasteiger partial charge in [0, 0.05) is 17.3 Å². The van der Waals surface area contributed by atoms with Crippen molar-refractivity contribution < 1.29 is 4.79 Å². The Kier molecular flexibility index (Phi) is 3.92. The van der Waals surface area contributed by atoms with Gasteiger partial charge in [-0.1, -0.05) is 18.9 Å². The zero-order valence-electron chi connectivity index (χ0n) is 8.87. The van der Waals surface area contributed by atoms with Gasteiger partial charge in [-0.2, -0.15) is 0 Å². The average molecular weight is 223 g/mol. The van der Waals surface area contributed by atoms with Gasteiger partial charge in [-0.05, 0) is 24.3 Å². The van der Waals surface area contributed by atoms with E-state index in [1.54, 1.807) is 11.3 Å². The van der Waals surface area contributed by atoms with Crippen molar-refractivity contribution in [2.24, 2.45) is 0 Å². The van der Waals surface area contributed by atoms with Gasteiger partial charge in [-0.3, -0.25) is 4.79 Å². The molecule has 0 unspecified atom stereocenters. The van der Waals surface area contributed by atoms with Gasteiger partial charge in [-0.25, -0.2) is 0 Å². The van der Waals surface area contributed by atoms with E-state index in [-0.39, 0.29) is 0 Å². The van der Waals surface area contributed by atoms with E-state index in [9.17, 15) is 4.79 Å². The lowest BCUT2D eigenvalue weighted by Crippen LogP contribution is -2.32. The third kappa shape index (κ3) is 3.43. The second kappa shape index (κ2) is 5.42. The van der Waals surface area contributed by atoms with E-state index in [0.29, 0.717) is 24.8 Å². The summed E-state index contributed by atoms with van der Waals surface area (Å²) >= 11 is 1.66. The van der Waals surface area contributed by atoms with Crippen LogP contribution in [-0.4, -0.2) is 18.4 Å². The van der Waals surface area contributed by atoms with Crippen molar-refractivity contribution >= 4 is 17.1 Å². The van der Waals surface area contributed by atoms with E-state index in [2.05, 4.69) is 5.32 Å². The van der Waals surface area contributed by atoms with Crippen LogP contribution in [0.5, 0.6) is 0 Å². The number of thiophene rings is 1. The van der Waals surface area contributed by atoms with Gasteiger partial charge < -0.3 is 5.32 Å². The van der Waals surface area contributed by atoms with Crippen LogP contribution in [0.4, 0.5) is 0 Å². The Morgan fingerprint density at radius 1 is 1.47 bits per heavy atom. The molecule has 2 rings (SSSR count). The summed E-state index contributed by atoms with van der Waals surface area (Å²) in [5.74, 6) is 0.310. The SMILES string of the molecule is O=C(CNC1CCCC1)Cc1cccs1. The van der Waals surface area contributed by atoms with Crippen LogP contribution >= 0.6 is 11.3 Å². The fraction of sp³-hybridized carbons (Fsp3) is 0.583. The molecule has 0 aliphatic heterocycles. The number of hydrogen-bond acceptors (Lipinski definition) is 3. The maximum atomic E-state index is 11.6. The summed E-state index contributed by atoms with van der Waals surface area (Å²) in [6.07, 6.45) is 5.71. The van der Waals surface area contributed by atoms with Gasteiger partial charge in [0.25, 0.3) is 0 Å². The zero-order chi connectivity index (χ0) is 10.5. The first kappa shape index (κ1) is 10.8. The molecule has 15 heavy (non-hydrogen) atoms. The summed E-state index contributed by atoms with van der Waals surface area (Å²) in [6.45, 7) is 0.544. The molecule has 1 fully saturated rings. The Hall–Kier alpha value is -0.670. The summed E-state index contributed by atoms with van der Waals surface area (Å²) in [5, 5.41) is 5.37. The van der Waals surface area contributed by atoms with Gasteiger partial charge in [0.05, 0.1) is 6.54 Å². The number of Topliss-reactive ketones (excluding diaryl/α,β-unsaturated/α-hetero) is 1. The van der Waals surface area contributed by atoms with Gasteiger partial charge in [0.1, 0.15) is 0 Å². The van der Waals surface area contributed by atoms with Crippen LogP contribution < -0.4 is 5.32 Å². The molecule has 1 N–H and O–H groups in total. The number of rotatable bonds is 5. The minimum absolute atomic E-state index is 0.310. The predicted octanol–water partition coefficient (Wildman–Crippen LogP) is 2.39. The van der Waals surface area contributed by atoms with E-state index < -0.39 is 0 Å². The third-order valence-corrected chi connectivity index (χ3v) is 3.77. The fourth-order valence-corrected chi connectivity index (χ4v) is 2.79. The molecule has 1 aromatic rings. The van der Waals surface area contributed by atoms with Crippen molar-refractivity contribution in [2.75, 3.05) is 6.54 Å². The topological polar surface area (TPSA) is 29.1 Å². The molecule has 1 saturated carbocycles. The van der Waals surface area contributed by atoms with E-state index in [4.69, 9.17) is 0 Å². The summed E-state index contributed by atoms with van der Waals surface area (Å²) in [7, 11) is 0. The Balaban J connectivity index is 1.68. The van der Waals surface area contributed by atoms with Gasteiger partial charge in [0.15, 0.2) is 5.78 Å². The number of nitrogens with one attached hydrogen (secondary N) is 1. The lowest BCUT2D eigenvalue weighted by molar-refractivity contribution is -0.117.